The summed E-state index contributed by atoms with van der Waals surface area (Å²) in [5, 5.41) is 10.8. The topological polar surface area (TPSA) is 44.9 Å². The lowest BCUT2D eigenvalue weighted by Crippen LogP contribution is -2.33. The molecule has 1 aromatic carbocycles. The highest BCUT2D eigenvalue weighted by Gasteiger charge is 2.23. The van der Waals surface area contributed by atoms with Crippen LogP contribution in [0.15, 0.2) is 54.7 Å². The van der Waals surface area contributed by atoms with E-state index in [0.717, 1.165) is 48.3 Å². The van der Waals surface area contributed by atoms with Crippen LogP contribution in [-0.4, -0.2) is 33.4 Å². The molecule has 0 spiro atoms. The van der Waals surface area contributed by atoms with Crippen molar-refractivity contribution in [1.29, 1.82) is 0 Å². The Bertz CT molecular complexity index is 907. The summed E-state index contributed by atoms with van der Waals surface area (Å²) in [7, 11) is 0. The summed E-state index contributed by atoms with van der Waals surface area (Å²) < 4.78 is 1.95. The molecular formula is C22H24N2O2. The van der Waals surface area contributed by atoms with Gasteiger partial charge in [0.05, 0.1) is 11.9 Å². The third-order valence-corrected chi connectivity index (χ3v) is 5.26. The highest BCUT2D eigenvalue weighted by molar-refractivity contribution is 5.88. The van der Waals surface area contributed by atoms with Gasteiger partial charge in [0.2, 0.25) is 5.91 Å². The van der Waals surface area contributed by atoms with Crippen LogP contribution in [0.4, 0.5) is 0 Å². The number of hydrogen-bond donors (Lipinski definition) is 1. The molecule has 1 amide bonds. The monoisotopic (exact) mass is 348 g/mol. The minimum Gasteiger partial charge on any atom is -0.505 e. The Labute approximate surface area is 153 Å². The van der Waals surface area contributed by atoms with Crippen LogP contribution in [0, 0.1) is 0 Å². The van der Waals surface area contributed by atoms with E-state index in [1.807, 2.05) is 64.0 Å². The summed E-state index contributed by atoms with van der Waals surface area (Å²) in [5.41, 5.74) is 3.30. The average Bonchev–Trinajstić information content (AvgIpc) is 2.86. The van der Waals surface area contributed by atoms with E-state index in [1.54, 1.807) is 0 Å². The third-order valence-electron chi connectivity index (χ3n) is 5.26. The first-order valence-electron chi connectivity index (χ1n) is 9.40. The molecule has 0 atom stereocenters. The first-order chi connectivity index (χ1) is 12.8. The number of pyridine rings is 1. The van der Waals surface area contributed by atoms with Gasteiger partial charge in [-0.2, -0.15) is 0 Å². The number of carbonyl (C=O) groups is 1. The first-order valence-corrected chi connectivity index (χ1v) is 9.40. The number of carbonyl (C=O) groups excluding carboxylic acids is 1. The molecule has 1 saturated heterocycles. The number of amides is 1. The Morgan fingerprint density at radius 3 is 2.35 bits per heavy atom. The number of nitrogens with zero attached hydrogens (tertiary/aromatic N) is 2. The van der Waals surface area contributed by atoms with Crippen molar-refractivity contribution in [3.8, 4) is 16.9 Å². The number of rotatable bonds is 3. The molecule has 4 nitrogen and oxygen atoms in total. The number of fused-ring (bicyclic) bond motifs is 1. The molecule has 1 N–H and O–H groups in total. The molecule has 26 heavy (non-hydrogen) atoms. The summed E-state index contributed by atoms with van der Waals surface area (Å²) in [6.45, 7) is 1.68. The van der Waals surface area contributed by atoms with Crippen molar-refractivity contribution in [2.75, 3.05) is 13.1 Å². The number of benzene rings is 1. The van der Waals surface area contributed by atoms with Gasteiger partial charge < -0.3 is 14.4 Å². The summed E-state index contributed by atoms with van der Waals surface area (Å²) in [6.07, 6.45) is 6.79. The second kappa shape index (κ2) is 7.24. The molecule has 1 aliphatic rings. The smallest absolute Gasteiger partial charge is 0.228 e. The van der Waals surface area contributed by atoms with Gasteiger partial charge in [0.1, 0.15) is 5.75 Å². The molecule has 1 aliphatic heterocycles. The Morgan fingerprint density at radius 2 is 1.62 bits per heavy atom. The highest BCUT2D eigenvalue weighted by Crippen LogP contribution is 2.38. The van der Waals surface area contributed by atoms with Gasteiger partial charge in [-0.3, -0.25) is 4.79 Å². The van der Waals surface area contributed by atoms with Crippen LogP contribution in [0.3, 0.4) is 0 Å². The zero-order valence-electron chi connectivity index (χ0n) is 14.9. The van der Waals surface area contributed by atoms with E-state index in [0.29, 0.717) is 6.42 Å². The highest BCUT2D eigenvalue weighted by atomic mass is 16.3. The van der Waals surface area contributed by atoms with E-state index in [4.69, 9.17) is 0 Å². The van der Waals surface area contributed by atoms with Crippen LogP contribution in [0.5, 0.6) is 5.75 Å². The molecule has 3 heterocycles. The number of aromatic nitrogens is 1. The Kier molecular flexibility index (Phi) is 4.65. The molecule has 4 rings (SSSR count). The maximum absolute atomic E-state index is 13.0. The number of hydrogen-bond acceptors (Lipinski definition) is 2. The Hall–Kier alpha value is -2.75. The normalized spacial score (nSPS) is 15.2. The minimum atomic E-state index is 0.146. The fraction of sp³-hybridized carbons (Fsp3) is 0.318. The fourth-order valence-corrected chi connectivity index (χ4v) is 3.91. The quantitative estimate of drug-likeness (QED) is 0.769. The second-order valence-electron chi connectivity index (χ2n) is 6.96. The van der Waals surface area contributed by atoms with Gasteiger partial charge in [0, 0.05) is 30.5 Å². The van der Waals surface area contributed by atoms with Gasteiger partial charge in [0.25, 0.3) is 0 Å². The minimum absolute atomic E-state index is 0.146. The molecule has 0 bridgehead atoms. The maximum Gasteiger partial charge on any atom is 0.228 e. The summed E-state index contributed by atoms with van der Waals surface area (Å²) in [5.74, 6) is 0.391. The first kappa shape index (κ1) is 16.7. The number of likely N-dealkylation sites (tertiary alicyclic amines) is 1. The van der Waals surface area contributed by atoms with Crippen LogP contribution < -0.4 is 0 Å². The van der Waals surface area contributed by atoms with Gasteiger partial charge in [-0.05, 0) is 30.5 Å². The zero-order valence-corrected chi connectivity index (χ0v) is 14.9. The van der Waals surface area contributed by atoms with Crippen molar-refractivity contribution in [3.63, 3.8) is 0 Å². The van der Waals surface area contributed by atoms with Gasteiger partial charge in [-0.25, -0.2) is 0 Å². The largest absolute Gasteiger partial charge is 0.505 e. The van der Waals surface area contributed by atoms with E-state index in [9.17, 15) is 9.90 Å². The van der Waals surface area contributed by atoms with Gasteiger partial charge in [0.15, 0.2) is 0 Å². The molecule has 1 fully saturated rings. The van der Waals surface area contributed by atoms with Crippen molar-refractivity contribution >= 4 is 11.4 Å². The zero-order chi connectivity index (χ0) is 17.9. The second-order valence-corrected chi connectivity index (χ2v) is 6.96. The molecule has 0 radical (unpaired) electrons. The average molecular weight is 348 g/mol. The predicted molar refractivity (Wildman–Crippen MR) is 103 cm³/mol. The van der Waals surface area contributed by atoms with Crippen LogP contribution in [-0.2, 0) is 11.2 Å². The molecule has 0 saturated carbocycles. The lowest BCUT2D eigenvalue weighted by Gasteiger charge is -2.20. The standard InChI is InChI=1S/C22H24N2O2/c25-20(23-13-7-1-2-8-14-23)16-19-21(17-10-4-3-5-11-17)22(26)18-12-6-9-15-24(18)19/h3-6,9-12,15,26H,1-2,7-8,13-14,16H2. The van der Waals surface area contributed by atoms with E-state index < -0.39 is 0 Å². The summed E-state index contributed by atoms with van der Waals surface area (Å²) >= 11 is 0. The van der Waals surface area contributed by atoms with E-state index in [-0.39, 0.29) is 11.7 Å². The maximum atomic E-state index is 13.0. The van der Waals surface area contributed by atoms with Crippen molar-refractivity contribution < 1.29 is 9.90 Å². The molecule has 134 valence electrons. The van der Waals surface area contributed by atoms with E-state index in [2.05, 4.69) is 0 Å². The van der Waals surface area contributed by atoms with Gasteiger partial charge >= 0.3 is 0 Å². The van der Waals surface area contributed by atoms with Crippen LogP contribution >= 0.6 is 0 Å². The molecular weight excluding hydrogens is 324 g/mol. The van der Waals surface area contributed by atoms with Crippen LogP contribution in [0.25, 0.3) is 16.6 Å². The molecule has 0 aliphatic carbocycles. The van der Waals surface area contributed by atoms with Gasteiger partial charge in [-0.15, -0.1) is 0 Å². The summed E-state index contributed by atoms with van der Waals surface area (Å²) in [4.78, 5) is 15.0. The van der Waals surface area contributed by atoms with E-state index >= 15 is 0 Å². The lowest BCUT2D eigenvalue weighted by atomic mass is 10.0. The molecule has 2 aromatic heterocycles. The van der Waals surface area contributed by atoms with Crippen LogP contribution in [0.2, 0.25) is 0 Å². The van der Waals surface area contributed by atoms with Crippen molar-refractivity contribution in [2.45, 2.75) is 32.1 Å². The summed E-state index contributed by atoms with van der Waals surface area (Å²) in [6, 6.07) is 15.6. The van der Waals surface area contributed by atoms with Gasteiger partial charge in [-0.1, -0.05) is 49.2 Å². The molecule has 4 heteroatoms. The Balaban J connectivity index is 1.77. The number of aromatic hydroxyl groups is 1. The SMILES string of the molecule is O=C(Cc1c(-c2ccccc2)c(O)c2ccccn12)N1CCCCCC1. The third kappa shape index (κ3) is 3.07. The molecule has 3 aromatic rings. The van der Waals surface area contributed by atoms with E-state index in [1.165, 1.54) is 12.8 Å². The molecule has 0 unspecified atom stereocenters. The fourth-order valence-electron chi connectivity index (χ4n) is 3.91. The lowest BCUT2D eigenvalue weighted by molar-refractivity contribution is -0.130. The predicted octanol–water partition coefficient (Wildman–Crippen LogP) is 4.26. The Morgan fingerprint density at radius 1 is 0.923 bits per heavy atom. The van der Waals surface area contributed by atoms with Crippen molar-refractivity contribution in [2.24, 2.45) is 0 Å². The van der Waals surface area contributed by atoms with Crippen LogP contribution in [0.1, 0.15) is 31.4 Å². The van der Waals surface area contributed by atoms with Crippen molar-refractivity contribution in [1.82, 2.24) is 9.30 Å². The van der Waals surface area contributed by atoms with Crippen molar-refractivity contribution in [3.05, 3.63) is 60.4 Å².